The minimum atomic E-state index is 0.815. The Labute approximate surface area is 146 Å². The summed E-state index contributed by atoms with van der Waals surface area (Å²) < 4.78 is 6.31. The maximum Gasteiger partial charge on any atom is 0.135 e. The number of pyridine rings is 2. The molecule has 0 spiro atoms. The van der Waals surface area contributed by atoms with E-state index in [0.29, 0.717) is 0 Å². The fraction of sp³-hybridized carbons (Fsp3) is 0. The first-order valence-electron chi connectivity index (χ1n) is 8.08. The van der Waals surface area contributed by atoms with Crippen LogP contribution >= 0.6 is 0 Å². The minimum absolute atomic E-state index is 0.815. The van der Waals surface area contributed by atoms with Gasteiger partial charge < -0.3 is 4.74 Å². The summed E-state index contributed by atoms with van der Waals surface area (Å²) in [6, 6.07) is 24.0. The average molecular weight is 324 g/mol. The van der Waals surface area contributed by atoms with Crippen LogP contribution in [0.4, 0.5) is 0 Å². The van der Waals surface area contributed by atoms with Crippen molar-refractivity contribution in [2.75, 3.05) is 0 Å². The Bertz CT molecular complexity index is 888. The quantitative estimate of drug-likeness (QED) is 0.490. The lowest BCUT2D eigenvalue weighted by Crippen LogP contribution is -1.91. The molecule has 0 aliphatic carbocycles. The van der Waals surface area contributed by atoms with E-state index in [9.17, 15) is 0 Å². The van der Waals surface area contributed by atoms with E-state index in [1.165, 1.54) is 0 Å². The third-order valence-electron chi connectivity index (χ3n) is 3.98. The fourth-order valence-electron chi connectivity index (χ4n) is 2.77. The van der Waals surface area contributed by atoms with Crippen LogP contribution in [0.5, 0.6) is 11.5 Å². The van der Waals surface area contributed by atoms with Crippen LogP contribution in [-0.4, -0.2) is 9.97 Å². The van der Waals surface area contributed by atoms with E-state index < -0.39 is 0 Å². The molecule has 4 aromatic rings. The first-order valence-corrected chi connectivity index (χ1v) is 8.08. The van der Waals surface area contributed by atoms with E-state index in [0.717, 1.165) is 33.8 Å². The van der Waals surface area contributed by atoms with E-state index in [1.54, 1.807) is 24.8 Å². The molecule has 25 heavy (non-hydrogen) atoms. The molecule has 0 fully saturated rings. The zero-order valence-corrected chi connectivity index (χ0v) is 13.5. The molecule has 120 valence electrons. The summed E-state index contributed by atoms with van der Waals surface area (Å²) in [6.07, 6.45) is 7.15. The van der Waals surface area contributed by atoms with Crippen LogP contribution in [0.15, 0.2) is 97.6 Å². The zero-order valence-electron chi connectivity index (χ0n) is 13.5. The van der Waals surface area contributed by atoms with Gasteiger partial charge in [0.2, 0.25) is 0 Å². The van der Waals surface area contributed by atoms with Gasteiger partial charge in [0.1, 0.15) is 11.5 Å². The van der Waals surface area contributed by atoms with Gasteiger partial charge in [-0.25, -0.2) is 0 Å². The van der Waals surface area contributed by atoms with Crippen molar-refractivity contribution < 1.29 is 4.74 Å². The molecule has 0 N–H and O–H groups in total. The SMILES string of the molecule is c1ccc(-c2ccncc2)c(Oc2ccccc2-c2ccncc2)c1. The van der Waals surface area contributed by atoms with Crippen LogP contribution < -0.4 is 4.74 Å². The molecule has 3 nitrogen and oxygen atoms in total. The zero-order chi connectivity index (χ0) is 16.9. The highest BCUT2D eigenvalue weighted by Gasteiger charge is 2.10. The largest absolute Gasteiger partial charge is 0.456 e. The van der Waals surface area contributed by atoms with Gasteiger partial charge in [-0.3, -0.25) is 9.97 Å². The molecule has 2 aromatic carbocycles. The molecule has 0 unspecified atom stereocenters. The molecule has 0 radical (unpaired) electrons. The van der Waals surface area contributed by atoms with Crippen molar-refractivity contribution in [1.29, 1.82) is 0 Å². The molecule has 0 bridgehead atoms. The molecule has 4 rings (SSSR count). The molecule has 0 amide bonds. The normalized spacial score (nSPS) is 10.4. The Kier molecular flexibility index (Phi) is 4.21. The van der Waals surface area contributed by atoms with Gasteiger partial charge in [0.05, 0.1) is 0 Å². The highest BCUT2D eigenvalue weighted by molar-refractivity contribution is 5.73. The summed E-state index contributed by atoms with van der Waals surface area (Å²) >= 11 is 0. The van der Waals surface area contributed by atoms with Crippen LogP contribution in [0.25, 0.3) is 22.3 Å². The number of hydrogen-bond acceptors (Lipinski definition) is 3. The Balaban J connectivity index is 1.76. The highest BCUT2D eigenvalue weighted by atomic mass is 16.5. The third-order valence-corrected chi connectivity index (χ3v) is 3.98. The lowest BCUT2D eigenvalue weighted by Gasteiger charge is -2.14. The van der Waals surface area contributed by atoms with Crippen molar-refractivity contribution >= 4 is 0 Å². The molecular formula is C22H16N2O. The summed E-state index contributed by atoms with van der Waals surface area (Å²) in [4.78, 5) is 8.18. The number of ether oxygens (including phenoxy) is 1. The topological polar surface area (TPSA) is 35.0 Å². The number of benzene rings is 2. The number of rotatable bonds is 4. The maximum absolute atomic E-state index is 6.31. The smallest absolute Gasteiger partial charge is 0.135 e. The predicted molar refractivity (Wildman–Crippen MR) is 99.4 cm³/mol. The van der Waals surface area contributed by atoms with Crippen LogP contribution in [-0.2, 0) is 0 Å². The molecule has 3 heteroatoms. The Morgan fingerprint density at radius 1 is 0.480 bits per heavy atom. The minimum Gasteiger partial charge on any atom is -0.456 e. The molecule has 0 aliphatic rings. The molecule has 2 aromatic heterocycles. The van der Waals surface area contributed by atoms with Gasteiger partial charge in [-0.1, -0.05) is 36.4 Å². The molecule has 0 aliphatic heterocycles. The van der Waals surface area contributed by atoms with Crippen molar-refractivity contribution in [1.82, 2.24) is 9.97 Å². The van der Waals surface area contributed by atoms with Crippen LogP contribution in [0.2, 0.25) is 0 Å². The van der Waals surface area contributed by atoms with Crippen molar-refractivity contribution in [2.45, 2.75) is 0 Å². The summed E-state index contributed by atoms with van der Waals surface area (Å²) in [5.74, 6) is 1.63. The van der Waals surface area contributed by atoms with Gasteiger partial charge >= 0.3 is 0 Å². The monoisotopic (exact) mass is 324 g/mol. The van der Waals surface area contributed by atoms with Crippen molar-refractivity contribution in [3.63, 3.8) is 0 Å². The van der Waals surface area contributed by atoms with Crippen molar-refractivity contribution in [3.8, 4) is 33.8 Å². The molecule has 0 saturated heterocycles. The Hall–Kier alpha value is -3.46. The lowest BCUT2D eigenvalue weighted by atomic mass is 10.0. The number of para-hydroxylation sites is 2. The second-order valence-corrected chi connectivity index (χ2v) is 5.57. The lowest BCUT2D eigenvalue weighted by molar-refractivity contribution is 0.486. The van der Waals surface area contributed by atoms with E-state index in [4.69, 9.17) is 4.74 Å². The standard InChI is InChI=1S/C22H16N2O/c1-3-7-21(19(5-1)17-9-13-23-14-10-17)25-22-8-4-2-6-20(22)18-11-15-24-16-12-18/h1-16H. The third kappa shape index (κ3) is 3.26. The molecule has 0 atom stereocenters. The van der Waals surface area contributed by atoms with Gasteiger partial charge in [-0.05, 0) is 47.5 Å². The second-order valence-electron chi connectivity index (χ2n) is 5.57. The number of hydrogen-bond donors (Lipinski definition) is 0. The molecular weight excluding hydrogens is 308 g/mol. The van der Waals surface area contributed by atoms with Gasteiger partial charge in [-0.2, -0.15) is 0 Å². The maximum atomic E-state index is 6.31. The first-order chi connectivity index (χ1) is 12.4. The van der Waals surface area contributed by atoms with Crippen molar-refractivity contribution in [2.24, 2.45) is 0 Å². The predicted octanol–water partition coefficient (Wildman–Crippen LogP) is 5.60. The van der Waals surface area contributed by atoms with Crippen LogP contribution in [0, 0.1) is 0 Å². The molecule has 0 saturated carbocycles. The van der Waals surface area contributed by atoms with Crippen LogP contribution in [0.1, 0.15) is 0 Å². The number of aromatic nitrogens is 2. The number of nitrogens with zero attached hydrogens (tertiary/aromatic N) is 2. The van der Waals surface area contributed by atoms with Gasteiger partial charge in [0, 0.05) is 35.9 Å². The summed E-state index contributed by atoms with van der Waals surface area (Å²) in [6.45, 7) is 0. The second kappa shape index (κ2) is 6.97. The highest BCUT2D eigenvalue weighted by Crippen LogP contribution is 2.37. The van der Waals surface area contributed by atoms with Crippen molar-refractivity contribution in [3.05, 3.63) is 97.6 Å². The van der Waals surface area contributed by atoms with E-state index in [-0.39, 0.29) is 0 Å². The first kappa shape index (κ1) is 15.1. The fourth-order valence-corrected chi connectivity index (χ4v) is 2.77. The van der Waals surface area contributed by atoms with Gasteiger partial charge in [0.15, 0.2) is 0 Å². The summed E-state index contributed by atoms with van der Waals surface area (Å²) in [5, 5.41) is 0. The van der Waals surface area contributed by atoms with Gasteiger partial charge in [0.25, 0.3) is 0 Å². The average Bonchev–Trinajstić information content (AvgIpc) is 2.70. The van der Waals surface area contributed by atoms with Gasteiger partial charge in [-0.15, -0.1) is 0 Å². The van der Waals surface area contributed by atoms with E-state index in [2.05, 4.69) is 22.1 Å². The Morgan fingerprint density at radius 2 is 0.880 bits per heavy atom. The molecule has 2 heterocycles. The van der Waals surface area contributed by atoms with E-state index in [1.807, 2.05) is 60.7 Å². The summed E-state index contributed by atoms with van der Waals surface area (Å²) in [5.41, 5.74) is 4.22. The summed E-state index contributed by atoms with van der Waals surface area (Å²) in [7, 11) is 0. The van der Waals surface area contributed by atoms with E-state index >= 15 is 0 Å². The Morgan fingerprint density at radius 3 is 1.32 bits per heavy atom. The van der Waals surface area contributed by atoms with Crippen LogP contribution in [0.3, 0.4) is 0 Å².